The molecule has 1 amide bonds. The van der Waals surface area contributed by atoms with Gasteiger partial charge in [-0.2, -0.15) is 5.10 Å². The second-order valence-corrected chi connectivity index (χ2v) is 10.8. The van der Waals surface area contributed by atoms with Crippen molar-refractivity contribution in [3.63, 3.8) is 0 Å². The molecule has 1 aromatic carbocycles. The number of fused-ring (bicyclic) bond motifs is 1. The lowest BCUT2D eigenvalue weighted by atomic mass is 10.0. The van der Waals surface area contributed by atoms with E-state index in [9.17, 15) is 14.7 Å². The van der Waals surface area contributed by atoms with Gasteiger partial charge in [-0.25, -0.2) is 13.9 Å². The van der Waals surface area contributed by atoms with Gasteiger partial charge < -0.3 is 10.0 Å². The molecule has 3 aromatic rings. The van der Waals surface area contributed by atoms with Crippen LogP contribution in [0.4, 0.5) is 4.39 Å². The van der Waals surface area contributed by atoms with Crippen molar-refractivity contribution in [2.24, 2.45) is 11.3 Å². The number of aromatic nitrogens is 3. The summed E-state index contributed by atoms with van der Waals surface area (Å²) in [5, 5.41) is 14.1. The van der Waals surface area contributed by atoms with Crippen molar-refractivity contribution in [3.05, 3.63) is 53.1 Å². The van der Waals surface area contributed by atoms with Crippen molar-refractivity contribution in [2.45, 2.75) is 71.8 Å². The Bertz CT molecular complexity index is 1350. The molecule has 3 heterocycles. The molecular weight excluding hydrogens is 459 g/mol. The molecule has 0 spiro atoms. The summed E-state index contributed by atoms with van der Waals surface area (Å²) in [4.78, 5) is 31.5. The average Bonchev–Trinajstić information content (AvgIpc) is 3.28. The fraction of sp³-hybridized carbons (Fsp3) is 0.500. The highest BCUT2D eigenvalue weighted by Gasteiger charge is 2.62. The molecule has 7 nitrogen and oxygen atoms in total. The normalized spacial score (nSPS) is 23.5. The Kier molecular flexibility index (Phi) is 6.09. The Balaban J connectivity index is 1.48. The van der Waals surface area contributed by atoms with Crippen molar-refractivity contribution in [2.75, 3.05) is 6.54 Å². The molecule has 2 aliphatic rings. The third-order valence-corrected chi connectivity index (χ3v) is 8.12. The Morgan fingerprint density at radius 3 is 2.61 bits per heavy atom. The molecule has 1 saturated heterocycles. The average molecular weight is 493 g/mol. The van der Waals surface area contributed by atoms with Gasteiger partial charge in [0.1, 0.15) is 11.5 Å². The van der Waals surface area contributed by atoms with Gasteiger partial charge in [0.25, 0.3) is 5.91 Å². The highest BCUT2D eigenvalue weighted by Crippen LogP contribution is 2.64. The summed E-state index contributed by atoms with van der Waals surface area (Å²) in [7, 11) is 0. The number of hydrogen-bond donors (Lipinski definition) is 1. The van der Waals surface area contributed by atoms with Crippen LogP contribution in [0.1, 0.15) is 81.0 Å². The highest BCUT2D eigenvalue weighted by atomic mass is 19.1. The summed E-state index contributed by atoms with van der Waals surface area (Å²) in [6.45, 7) is 8.61. The summed E-state index contributed by atoms with van der Waals surface area (Å²) in [6.07, 6.45) is 4.89. The Morgan fingerprint density at radius 2 is 1.94 bits per heavy atom. The topological polar surface area (TPSA) is 87.8 Å². The number of likely N-dealkylation sites (tertiary alicyclic amines) is 1. The van der Waals surface area contributed by atoms with Crippen LogP contribution in [-0.2, 0) is 11.2 Å². The number of hydrogen-bond acceptors (Lipinski definition) is 4. The van der Waals surface area contributed by atoms with E-state index in [-0.39, 0.29) is 17.9 Å². The first-order valence-electron chi connectivity index (χ1n) is 12.9. The van der Waals surface area contributed by atoms with Crippen molar-refractivity contribution in [3.8, 4) is 11.3 Å². The smallest absolute Gasteiger partial charge is 0.307 e. The lowest BCUT2D eigenvalue weighted by Crippen LogP contribution is -2.38. The minimum Gasteiger partial charge on any atom is -0.481 e. The van der Waals surface area contributed by atoms with Gasteiger partial charge in [0.05, 0.1) is 11.6 Å². The number of amides is 1. The summed E-state index contributed by atoms with van der Waals surface area (Å²) >= 11 is 0. The van der Waals surface area contributed by atoms with Gasteiger partial charge in [0.15, 0.2) is 5.65 Å². The molecule has 8 heteroatoms. The molecule has 1 unspecified atom stereocenters. The molecule has 1 N–H and O–H groups in total. The number of carboxylic acid groups (broad SMARTS) is 1. The largest absolute Gasteiger partial charge is 0.481 e. The fourth-order valence-electron chi connectivity index (χ4n) is 5.91. The van der Waals surface area contributed by atoms with Crippen molar-refractivity contribution < 1.29 is 19.1 Å². The standard InChI is InChI=1S/C28H33FN4O3/c1-5-18-14-22(26(34)32-12-8-6-7-9-16(32)2)30-23-15-21(31-33(18)23)19-11-10-17(13-20(19)29)24-25(27(35)36)28(24,3)4/h10-11,13-16,24-25H,5-9,12H2,1-4H3,(H,35,36)/t16-,24?,25+/m1/s1. The van der Waals surface area contributed by atoms with Crippen LogP contribution in [0.15, 0.2) is 30.3 Å². The first-order chi connectivity index (χ1) is 17.1. The quantitative estimate of drug-likeness (QED) is 0.520. The molecule has 36 heavy (non-hydrogen) atoms. The SMILES string of the molecule is CCc1cc(C(=O)N2CCCCC[C@H]2C)nc2cc(-c3ccc(C4[C@@H](C(=O)O)C4(C)C)cc3F)nn12. The van der Waals surface area contributed by atoms with Crippen LogP contribution in [0, 0.1) is 17.2 Å². The first kappa shape index (κ1) is 24.4. The lowest BCUT2D eigenvalue weighted by molar-refractivity contribution is -0.139. The number of carboxylic acids is 1. The van der Waals surface area contributed by atoms with Crippen LogP contribution in [-0.4, -0.2) is 49.1 Å². The number of aliphatic carboxylic acids is 1. The van der Waals surface area contributed by atoms with Crippen LogP contribution in [0.5, 0.6) is 0 Å². The molecule has 2 fully saturated rings. The van der Waals surface area contributed by atoms with Gasteiger partial charge in [-0.05, 0) is 55.4 Å². The molecule has 5 rings (SSSR count). The van der Waals surface area contributed by atoms with E-state index in [1.54, 1.807) is 28.8 Å². The molecule has 190 valence electrons. The van der Waals surface area contributed by atoms with Gasteiger partial charge in [-0.1, -0.05) is 39.7 Å². The van der Waals surface area contributed by atoms with E-state index >= 15 is 4.39 Å². The monoisotopic (exact) mass is 492 g/mol. The van der Waals surface area contributed by atoms with E-state index in [0.29, 0.717) is 34.6 Å². The molecule has 3 atom stereocenters. The first-order valence-corrected chi connectivity index (χ1v) is 12.9. The highest BCUT2D eigenvalue weighted by molar-refractivity contribution is 5.93. The van der Waals surface area contributed by atoms with Crippen LogP contribution >= 0.6 is 0 Å². The number of carbonyl (C=O) groups is 2. The van der Waals surface area contributed by atoms with E-state index in [0.717, 1.165) is 37.9 Å². The fourth-order valence-corrected chi connectivity index (χ4v) is 5.91. The number of benzene rings is 1. The van der Waals surface area contributed by atoms with Crippen LogP contribution in [0.3, 0.4) is 0 Å². The number of aryl methyl sites for hydroxylation is 1. The Labute approximate surface area is 210 Å². The minimum atomic E-state index is -0.854. The van der Waals surface area contributed by atoms with Gasteiger partial charge in [0, 0.05) is 35.8 Å². The second-order valence-electron chi connectivity index (χ2n) is 10.8. The molecular formula is C28H33FN4O3. The van der Waals surface area contributed by atoms with E-state index in [4.69, 9.17) is 0 Å². The molecule has 0 radical (unpaired) electrons. The number of carbonyl (C=O) groups excluding carboxylic acids is 1. The minimum absolute atomic E-state index is 0.0695. The van der Waals surface area contributed by atoms with Crippen LogP contribution in [0.25, 0.3) is 16.9 Å². The van der Waals surface area contributed by atoms with E-state index in [1.165, 1.54) is 6.07 Å². The maximum absolute atomic E-state index is 15.3. The van der Waals surface area contributed by atoms with E-state index < -0.39 is 23.1 Å². The van der Waals surface area contributed by atoms with Gasteiger partial charge in [0.2, 0.25) is 0 Å². The maximum Gasteiger partial charge on any atom is 0.307 e. The molecule has 0 bridgehead atoms. The van der Waals surface area contributed by atoms with Crippen LogP contribution in [0.2, 0.25) is 0 Å². The molecule has 2 aromatic heterocycles. The van der Waals surface area contributed by atoms with Gasteiger partial charge >= 0.3 is 5.97 Å². The molecule has 1 aliphatic carbocycles. The Hall–Kier alpha value is -3.29. The molecule has 1 aliphatic heterocycles. The summed E-state index contributed by atoms with van der Waals surface area (Å²) in [6, 6.07) is 8.57. The number of nitrogens with zero attached hydrogens (tertiary/aromatic N) is 4. The van der Waals surface area contributed by atoms with Crippen LogP contribution < -0.4 is 0 Å². The van der Waals surface area contributed by atoms with Gasteiger partial charge in [-0.15, -0.1) is 0 Å². The predicted molar refractivity (Wildman–Crippen MR) is 134 cm³/mol. The zero-order chi connectivity index (χ0) is 25.8. The number of halogens is 1. The van der Waals surface area contributed by atoms with Crippen molar-refractivity contribution in [1.29, 1.82) is 0 Å². The third kappa shape index (κ3) is 4.06. The zero-order valence-corrected chi connectivity index (χ0v) is 21.3. The van der Waals surface area contributed by atoms with Gasteiger partial charge in [-0.3, -0.25) is 9.59 Å². The predicted octanol–water partition coefficient (Wildman–Crippen LogP) is 5.33. The number of rotatable bonds is 5. The Morgan fingerprint density at radius 1 is 1.17 bits per heavy atom. The zero-order valence-electron chi connectivity index (χ0n) is 21.3. The third-order valence-electron chi connectivity index (χ3n) is 8.12. The molecule has 1 saturated carbocycles. The van der Waals surface area contributed by atoms with E-state index in [2.05, 4.69) is 17.0 Å². The van der Waals surface area contributed by atoms with Crippen molar-refractivity contribution in [1.82, 2.24) is 19.5 Å². The summed E-state index contributed by atoms with van der Waals surface area (Å²) in [5.74, 6) is -2.11. The lowest BCUT2D eigenvalue weighted by Gasteiger charge is -2.27. The summed E-state index contributed by atoms with van der Waals surface area (Å²) < 4.78 is 16.9. The summed E-state index contributed by atoms with van der Waals surface area (Å²) in [5.41, 5.74) is 2.77. The van der Waals surface area contributed by atoms with E-state index in [1.807, 2.05) is 25.7 Å². The second kappa shape index (κ2) is 8.98. The maximum atomic E-state index is 15.3. The van der Waals surface area contributed by atoms with Crippen molar-refractivity contribution >= 4 is 17.5 Å².